The Morgan fingerprint density at radius 2 is 2.21 bits per heavy atom. The first-order chi connectivity index (χ1) is 9.10. The van der Waals surface area contributed by atoms with Gasteiger partial charge in [-0.3, -0.25) is 4.79 Å². The van der Waals surface area contributed by atoms with E-state index in [9.17, 15) is 4.79 Å². The third-order valence-corrected chi connectivity index (χ3v) is 3.00. The topological polar surface area (TPSA) is 68.0 Å². The Morgan fingerprint density at radius 3 is 2.95 bits per heavy atom. The molecule has 3 N–H and O–H groups in total. The molecule has 1 heterocycles. The molecule has 0 saturated heterocycles. The smallest absolute Gasteiger partial charge is 0.258 e. The predicted octanol–water partition coefficient (Wildman–Crippen LogP) is 3.13. The summed E-state index contributed by atoms with van der Waals surface area (Å²) in [6.07, 6.45) is 2.32. The lowest BCUT2D eigenvalue weighted by molar-refractivity contribution is 0.102. The Morgan fingerprint density at radius 1 is 1.42 bits per heavy atom. The first-order valence-electron chi connectivity index (χ1n) is 5.91. The van der Waals surface area contributed by atoms with Gasteiger partial charge in [0.25, 0.3) is 5.91 Å². The number of hydrogen-bond acceptors (Lipinski definition) is 3. The molecule has 0 aliphatic heterocycles. The molecule has 0 radical (unpaired) electrons. The zero-order chi connectivity index (χ0) is 13.8. The fourth-order valence-corrected chi connectivity index (χ4v) is 1.88. The Kier molecular flexibility index (Phi) is 4.02. The molecule has 0 aliphatic rings. The Hall–Kier alpha value is -2.07. The van der Waals surface area contributed by atoms with Gasteiger partial charge in [0.15, 0.2) is 0 Å². The van der Waals surface area contributed by atoms with Gasteiger partial charge in [0.2, 0.25) is 0 Å². The predicted molar refractivity (Wildman–Crippen MR) is 77.4 cm³/mol. The summed E-state index contributed by atoms with van der Waals surface area (Å²) in [5, 5.41) is 2.92. The lowest BCUT2D eigenvalue weighted by Gasteiger charge is -2.08. The van der Waals surface area contributed by atoms with Crippen molar-refractivity contribution >= 4 is 28.9 Å². The van der Waals surface area contributed by atoms with Crippen molar-refractivity contribution in [1.29, 1.82) is 0 Å². The summed E-state index contributed by atoms with van der Waals surface area (Å²) in [5.41, 5.74) is 8.14. The number of halogens is 1. The number of nitrogens with one attached hydrogen (secondary N) is 1. The van der Waals surface area contributed by atoms with E-state index in [-0.39, 0.29) is 16.6 Å². The average molecular weight is 276 g/mol. The molecule has 1 aromatic carbocycles. The monoisotopic (exact) mass is 275 g/mol. The van der Waals surface area contributed by atoms with Crippen molar-refractivity contribution in [2.45, 2.75) is 13.3 Å². The van der Waals surface area contributed by atoms with E-state index in [4.69, 9.17) is 17.3 Å². The number of pyridine rings is 1. The number of benzene rings is 1. The van der Waals surface area contributed by atoms with Crippen LogP contribution in [-0.2, 0) is 6.42 Å². The van der Waals surface area contributed by atoms with E-state index in [1.807, 2.05) is 24.3 Å². The fraction of sp³-hybridized carbons (Fsp3) is 0.143. The van der Waals surface area contributed by atoms with Gasteiger partial charge in [-0.2, -0.15) is 0 Å². The molecule has 98 valence electrons. The van der Waals surface area contributed by atoms with Gasteiger partial charge in [-0.05, 0) is 30.2 Å². The molecule has 4 nitrogen and oxygen atoms in total. The number of hydrogen-bond donors (Lipinski definition) is 2. The Balaban J connectivity index is 2.23. The van der Waals surface area contributed by atoms with Crippen LogP contribution in [-0.4, -0.2) is 10.9 Å². The lowest BCUT2D eigenvalue weighted by atomic mass is 10.1. The SMILES string of the molecule is CCc1cccc(NC(=O)c2cc(N)cnc2Cl)c1. The van der Waals surface area contributed by atoms with E-state index in [0.717, 1.165) is 17.7 Å². The van der Waals surface area contributed by atoms with E-state index in [0.29, 0.717) is 5.69 Å². The van der Waals surface area contributed by atoms with E-state index < -0.39 is 0 Å². The van der Waals surface area contributed by atoms with Crippen molar-refractivity contribution in [2.24, 2.45) is 0 Å². The van der Waals surface area contributed by atoms with Crippen LogP contribution < -0.4 is 11.1 Å². The first-order valence-corrected chi connectivity index (χ1v) is 6.29. The molecule has 0 fully saturated rings. The molecule has 0 bridgehead atoms. The summed E-state index contributed by atoms with van der Waals surface area (Å²) in [6.45, 7) is 2.06. The summed E-state index contributed by atoms with van der Waals surface area (Å²) in [4.78, 5) is 16.0. The molecule has 0 atom stereocenters. The minimum atomic E-state index is -0.321. The minimum absolute atomic E-state index is 0.137. The van der Waals surface area contributed by atoms with Gasteiger partial charge >= 0.3 is 0 Å². The zero-order valence-electron chi connectivity index (χ0n) is 10.5. The number of aromatic nitrogens is 1. The molecule has 5 heteroatoms. The molecular formula is C14H14ClN3O. The fourth-order valence-electron chi connectivity index (χ4n) is 1.69. The molecule has 0 unspecified atom stereocenters. The Bertz CT molecular complexity index is 613. The molecule has 0 saturated carbocycles. The van der Waals surface area contributed by atoms with Crippen molar-refractivity contribution in [3.05, 3.63) is 52.8 Å². The number of amides is 1. The number of nitrogens with two attached hydrogens (primary N) is 1. The van der Waals surface area contributed by atoms with Crippen LogP contribution in [0, 0.1) is 0 Å². The second kappa shape index (κ2) is 5.71. The molecule has 0 aliphatic carbocycles. The van der Waals surface area contributed by atoms with Gasteiger partial charge in [0.1, 0.15) is 5.15 Å². The summed E-state index contributed by atoms with van der Waals surface area (Å²) in [7, 11) is 0. The highest BCUT2D eigenvalue weighted by atomic mass is 35.5. The lowest BCUT2D eigenvalue weighted by Crippen LogP contribution is -2.13. The molecule has 2 aromatic rings. The molecule has 19 heavy (non-hydrogen) atoms. The van der Waals surface area contributed by atoms with Crippen LogP contribution in [0.2, 0.25) is 5.15 Å². The van der Waals surface area contributed by atoms with Gasteiger partial charge in [0, 0.05) is 5.69 Å². The number of carbonyl (C=O) groups is 1. The standard InChI is InChI=1S/C14H14ClN3O/c1-2-9-4-3-5-11(6-9)18-14(19)12-7-10(16)8-17-13(12)15/h3-8H,2,16H2,1H3,(H,18,19). The minimum Gasteiger partial charge on any atom is -0.397 e. The highest BCUT2D eigenvalue weighted by Crippen LogP contribution is 2.18. The zero-order valence-corrected chi connectivity index (χ0v) is 11.2. The van der Waals surface area contributed by atoms with Gasteiger partial charge in [-0.15, -0.1) is 0 Å². The summed E-state index contributed by atoms with van der Waals surface area (Å²) in [5.74, 6) is -0.321. The van der Waals surface area contributed by atoms with Gasteiger partial charge in [-0.25, -0.2) is 4.98 Å². The highest BCUT2D eigenvalue weighted by molar-refractivity contribution is 6.33. The van der Waals surface area contributed by atoms with Crippen LogP contribution in [0.5, 0.6) is 0 Å². The number of aryl methyl sites for hydroxylation is 1. The van der Waals surface area contributed by atoms with Crippen LogP contribution in [0.25, 0.3) is 0 Å². The van der Waals surface area contributed by atoms with Crippen molar-refractivity contribution in [2.75, 3.05) is 11.1 Å². The van der Waals surface area contributed by atoms with Crippen LogP contribution in [0.15, 0.2) is 36.5 Å². The van der Waals surface area contributed by atoms with Crippen molar-refractivity contribution < 1.29 is 4.79 Å². The van der Waals surface area contributed by atoms with Gasteiger partial charge in [0.05, 0.1) is 17.4 Å². The first kappa shape index (κ1) is 13.4. The number of nitrogen functional groups attached to an aromatic ring is 1. The summed E-state index contributed by atoms with van der Waals surface area (Å²) >= 11 is 5.89. The van der Waals surface area contributed by atoms with Crippen molar-refractivity contribution in [1.82, 2.24) is 4.98 Å². The number of nitrogens with zero attached hydrogens (tertiary/aromatic N) is 1. The molecule has 1 aromatic heterocycles. The second-order valence-electron chi connectivity index (χ2n) is 4.12. The van der Waals surface area contributed by atoms with E-state index in [1.54, 1.807) is 0 Å². The van der Waals surface area contributed by atoms with Crippen LogP contribution in [0.3, 0.4) is 0 Å². The van der Waals surface area contributed by atoms with Crippen molar-refractivity contribution in [3.63, 3.8) is 0 Å². The number of carbonyl (C=O) groups excluding carboxylic acids is 1. The summed E-state index contributed by atoms with van der Waals surface area (Å²) in [6, 6.07) is 9.16. The van der Waals surface area contributed by atoms with E-state index in [1.165, 1.54) is 12.3 Å². The molecular weight excluding hydrogens is 262 g/mol. The van der Waals surface area contributed by atoms with E-state index >= 15 is 0 Å². The average Bonchev–Trinajstić information content (AvgIpc) is 2.41. The van der Waals surface area contributed by atoms with Gasteiger partial charge < -0.3 is 11.1 Å². The van der Waals surface area contributed by atoms with Gasteiger partial charge in [-0.1, -0.05) is 30.7 Å². The largest absolute Gasteiger partial charge is 0.397 e. The number of rotatable bonds is 3. The summed E-state index contributed by atoms with van der Waals surface area (Å²) < 4.78 is 0. The maximum absolute atomic E-state index is 12.1. The van der Waals surface area contributed by atoms with Crippen LogP contribution >= 0.6 is 11.6 Å². The quantitative estimate of drug-likeness (QED) is 0.846. The molecule has 2 rings (SSSR count). The maximum atomic E-state index is 12.1. The normalized spacial score (nSPS) is 10.2. The second-order valence-corrected chi connectivity index (χ2v) is 4.47. The Labute approximate surface area is 116 Å². The molecule has 0 spiro atoms. The highest BCUT2D eigenvalue weighted by Gasteiger charge is 2.12. The third kappa shape index (κ3) is 3.23. The molecule has 1 amide bonds. The maximum Gasteiger partial charge on any atom is 0.258 e. The van der Waals surface area contributed by atoms with Crippen LogP contribution in [0.1, 0.15) is 22.8 Å². The van der Waals surface area contributed by atoms with Crippen molar-refractivity contribution in [3.8, 4) is 0 Å². The number of anilines is 2. The van der Waals surface area contributed by atoms with E-state index in [2.05, 4.69) is 17.2 Å². The van der Waals surface area contributed by atoms with Crippen LogP contribution in [0.4, 0.5) is 11.4 Å². The third-order valence-electron chi connectivity index (χ3n) is 2.70.